The molecule has 2 fully saturated rings. The van der Waals surface area contributed by atoms with Crippen LogP contribution in [0, 0.1) is 0 Å². The van der Waals surface area contributed by atoms with Crippen LogP contribution in [0.3, 0.4) is 0 Å². The van der Waals surface area contributed by atoms with Crippen LogP contribution in [-0.2, 0) is 19.1 Å². The second-order valence-corrected chi connectivity index (χ2v) is 5.84. The Morgan fingerprint density at radius 1 is 0.833 bits per heavy atom. The van der Waals surface area contributed by atoms with Gasteiger partial charge in [0.1, 0.15) is 0 Å². The van der Waals surface area contributed by atoms with Crippen LogP contribution in [0.5, 0.6) is 0 Å². The SMILES string of the molecule is O=C(NC[C@H]1CCCO1)C(F)(F)C(F)(F)C(=O)NC[C@@H]1CCCO1. The molecule has 2 amide bonds. The summed E-state index contributed by atoms with van der Waals surface area (Å²) in [6.45, 7) is 0.252. The van der Waals surface area contributed by atoms with E-state index in [9.17, 15) is 27.2 Å². The summed E-state index contributed by atoms with van der Waals surface area (Å²) < 4.78 is 65.1. The number of halogens is 4. The molecule has 0 unspecified atom stereocenters. The molecule has 2 N–H and O–H groups in total. The quantitative estimate of drug-likeness (QED) is 0.663. The van der Waals surface area contributed by atoms with E-state index in [1.165, 1.54) is 0 Å². The molecular weight excluding hydrogens is 336 g/mol. The molecule has 2 aliphatic rings. The van der Waals surface area contributed by atoms with Gasteiger partial charge >= 0.3 is 11.8 Å². The summed E-state index contributed by atoms with van der Waals surface area (Å²) in [5, 5.41) is 3.45. The van der Waals surface area contributed by atoms with Gasteiger partial charge in [0.15, 0.2) is 0 Å². The third-order valence-corrected chi connectivity index (χ3v) is 3.99. The number of nitrogens with one attached hydrogen (secondary N) is 2. The number of carbonyl (C=O) groups excluding carboxylic acids is 2. The van der Waals surface area contributed by atoms with E-state index in [1.807, 2.05) is 0 Å². The lowest BCUT2D eigenvalue weighted by atomic mass is 10.1. The maximum Gasteiger partial charge on any atom is 0.395 e. The molecule has 0 spiro atoms. The topological polar surface area (TPSA) is 76.7 Å². The summed E-state index contributed by atoms with van der Waals surface area (Å²) in [6.07, 6.45) is 1.55. The Bertz CT molecular complexity index is 422. The lowest BCUT2D eigenvalue weighted by Gasteiger charge is -2.25. The Hall–Kier alpha value is -1.42. The van der Waals surface area contributed by atoms with Crippen LogP contribution in [0.2, 0.25) is 0 Å². The van der Waals surface area contributed by atoms with E-state index in [0.29, 0.717) is 38.9 Å². The molecule has 2 rings (SSSR count). The van der Waals surface area contributed by atoms with Gasteiger partial charge in [0, 0.05) is 26.3 Å². The van der Waals surface area contributed by atoms with Crippen molar-refractivity contribution in [2.75, 3.05) is 26.3 Å². The Balaban J connectivity index is 1.87. The van der Waals surface area contributed by atoms with E-state index in [-0.39, 0.29) is 13.1 Å². The molecule has 2 saturated heterocycles. The zero-order valence-corrected chi connectivity index (χ0v) is 13.0. The van der Waals surface area contributed by atoms with Crippen LogP contribution in [0.15, 0.2) is 0 Å². The van der Waals surface area contributed by atoms with Crippen LogP contribution in [0.4, 0.5) is 17.6 Å². The molecule has 2 aliphatic heterocycles. The van der Waals surface area contributed by atoms with Gasteiger partial charge in [-0.15, -0.1) is 0 Å². The van der Waals surface area contributed by atoms with Crippen molar-refractivity contribution < 1.29 is 36.6 Å². The van der Waals surface area contributed by atoms with Gasteiger partial charge in [-0.05, 0) is 25.7 Å². The fourth-order valence-electron chi connectivity index (χ4n) is 2.53. The first-order chi connectivity index (χ1) is 11.2. The maximum atomic E-state index is 13.7. The minimum Gasteiger partial charge on any atom is -0.376 e. The minimum atomic E-state index is -5.16. The van der Waals surface area contributed by atoms with Gasteiger partial charge < -0.3 is 20.1 Å². The molecule has 2 heterocycles. The summed E-state index contributed by atoms with van der Waals surface area (Å²) in [4.78, 5) is 22.9. The highest BCUT2D eigenvalue weighted by Crippen LogP contribution is 2.34. The van der Waals surface area contributed by atoms with Crippen molar-refractivity contribution in [1.82, 2.24) is 10.6 Å². The van der Waals surface area contributed by atoms with Crippen molar-refractivity contribution in [2.45, 2.75) is 49.7 Å². The van der Waals surface area contributed by atoms with Gasteiger partial charge in [0.2, 0.25) is 0 Å². The summed E-state index contributed by atoms with van der Waals surface area (Å²) in [5.41, 5.74) is 0. The van der Waals surface area contributed by atoms with E-state index in [1.54, 1.807) is 10.6 Å². The van der Waals surface area contributed by atoms with E-state index in [2.05, 4.69) is 0 Å². The van der Waals surface area contributed by atoms with E-state index < -0.39 is 35.9 Å². The molecule has 0 saturated carbocycles. The van der Waals surface area contributed by atoms with Crippen LogP contribution in [0.1, 0.15) is 25.7 Å². The molecule has 0 aliphatic carbocycles. The Labute approximate surface area is 136 Å². The summed E-state index contributed by atoms with van der Waals surface area (Å²) in [5.74, 6) is -14.7. The van der Waals surface area contributed by atoms with Crippen molar-refractivity contribution >= 4 is 11.8 Å². The van der Waals surface area contributed by atoms with Gasteiger partial charge in [0.05, 0.1) is 12.2 Å². The molecule has 0 radical (unpaired) electrons. The third kappa shape index (κ3) is 4.15. The van der Waals surface area contributed by atoms with Crippen molar-refractivity contribution in [3.8, 4) is 0 Å². The Kier molecular flexibility index (Phi) is 6.02. The number of hydrogen-bond donors (Lipinski definition) is 2. The number of ether oxygens (including phenoxy) is 2. The number of alkyl halides is 4. The molecule has 0 bridgehead atoms. The number of amides is 2. The number of hydrogen-bond acceptors (Lipinski definition) is 4. The summed E-state index contributed by atoms with van der Waals surface area (Å²) in [7, 11) is 0. The van der Waals surface area contributed by atoms with E-state index >= 15 is 0 Å². The Morgan fingerprint density at radius 2 is 1.21 bits per heavy atom. The second-order valence-electron chi connectivity index (χ2n) is 5.84. The van der Waals surface area contributed by atoms with Crippen molar-refractivity contribution in [1.29, 1.82) is 0 Å². The highest BCUT2D eigenvalue weighted by molar-refractivity contribution is 5.95. The van der Waals surface area contributed by atoms with Crippen LogP contribution in [-0.4, -0.2) is 62.2 Å². The van der Waals surface area contributed by atoms with Gasteiger partial charge in [0.25, 0.3) is 11.8 Å². The highest BCUT2D eigenvalue weighted by atomic mass is 19.3. The number of rotatable bonds is 7. The van der Waals surface area contributed by atoms with Gasteiger partial charge in [-0.3, -0.25) is 9.59 Å². The normalized spacial score (nSPS) is 24.8. The summed E-state index contributed by atoms with van der Waals surface area (Å²) >= 11 is 0. The van der Waals surface area contributed by atoms with Gasteiger partial charge in [-0.2, -0.15) is 17.6 Å². The molecule has 0 aromatic heterocycles. The van der Waals surface area contributed by atoms with Crippen molar-refractivity contribution in [3.63, 3.8) is 0 Å². The molecular formula is C14H20F4N2O4. The zero-order chi connectivity index (χ0) is 17.8. The fraction of sp³-hybridized carbons (Fsp3) is 0.857. The second kappa shape index (κ2) is 7.64. The molecule has 6 nitrogen and oxygen atoms in total. The Morgan fingerprint density at radius 3 is 1.50 bits per heavy atom. The van der Waals surface area contributed by atoms with Crippen LogP contribution >= 0.6 is 0 Å². The monoisotopic (exact) mass is 356 g/mol. The molecule has 0 aromatic rings. The average molecular weight is 356 g/mol. The van der Waals surface area contributed by atoms with E-state index in [4.69, 9.17) is 9.47 Å². The predicted octanol–water partition coefficient (Wildman–Crippen LogP) is 0.847. The average Bonchev–Trinajstić information content (AvgIpc) is 3.23. The van der Waals surface area contributed by atoms with Gasteiger partial charge in [-0.25, -0.2) is 0 Å². The first kappa shape index (κ1) is 18.9. The smallest absolute Gasteiger partial charge is 0.376 e. The maximum absolute atomic E-state index is 13.7. The minimum absolute atomic E-state index is 0.304. The van der Waals surface area contributed by atoms with Crippen LogP contribution in [0.25, 0.3) is 0 Å². The zero-order valence-electron chi connectivity index (χ0n) is 13.0. The molecule has 0 aromatic carbocycles. The predicted molar refractivity (Wildman–Crippen MR) is 73.9 cm³/mol. The fourth-order valence-corrected chi connectivity index (χ4v) is 2.53. The lowest BCUT2D eigenvalue weighted by Crippen LogP contribution is -2.60. The van der Waals surface area contributed by atoms with E-state index in [0.717, 1.165) is 0 Å². The molecule has 2 atom stereocenters. The molecule has 10 heteroatoms. The number of carbonyl (C=O) groups is 2. The standard InChI is InChI=1S/C14H20F4N2O4/c15-13(16,11(21)19-7-9-3-1-5-23-9)14(17,18)12(22)20-8-10-4-2-6-24-10/h9-10H,1-8H2,(H,19,21)(H,20,22)/t9-,10+. The lowest BCUT2D eigenvalue weighted by molar-refractivity contribution is -0.211. The molecule has 138 valence electrons. The first-order valence-corrected chi connectivity index (χ1v) is 7.80. The van der Waals surface area contributed by atoms with Crippen molar-refractivity contribution in [3.05, 3.63) is 0 Å². The first-order valence-electron chi connectivity index (χ1n) is 7.80. The molecule has 24 heavy (non-hydrogen) atoms. The summed E-state index contributed by atoms with van der Waals surface area (Å²) in [6, 6.07) is 0. The highest BCUT2D eigenvalue weighted by Gasteiger charge is 2.66. The van der Waals surface area contributed by atoms with Crippen LogP contribution < -0.4 is 10.6 Å². The van der Waals surface area contributed by atoms with Gasteiger partial charge in [-0.1, -0.05) is 0 Å². The van der Waals surface area contributed by atoms with Crippen molar-refractivity contribution in [2.24, 2.45) is 0 Å². The third-order valence-electron chi connectivity index (χ3n) is 3.99. The largest absolute Gasteiger partial charge is 0.395 e.